The van der Waals surface area contributed by atoms with Crippen LogP contribution < -0.4 is 10.2 Å². The maximum Gasteiger partial charge on any atom is 0.110 e. The molecule has 0 saturated carbocycles. The SMILES string of the molecule is O=C([O-])Cn1c(CCCCc2nc3ccccc3n2CC(=O)[O-])nc2ccccc21. The lowest BCUT2D eigenvalue weighted by atomic mass is 10.2. The van der Waals surface area contributed by atoms with Crippen molar-refractivity contribution in [1.82, 2.24) is 19.1 Å². The molecule has 0 N–H and O–H groups in total. The number of aromatic nitrogens is 4. The molecule has 8 heteroatoms. The van der Waals surface area contributed by atoms with Crippen molar-refractivity contribution in [3.05, 3.63) is 60.2 Å². The Kier molecular flexibility index (Phi) is 5.47. The fourth-order valence-electron chi connectivity index (χ4n) is 3.81. The highest BCUT2D eigenvalue weighted by atomic mass is 16.4. The number of aliphatic carboxylic acids is 2. The summed E-state index contributed by atoms with van der Waals surface area (Å²) < 4.78 is 3.35. The average Bonchev–Trinajstić information content (AvgIpc) is 3.23. The molecule has 0 saturated heterocycles. The van der Waals surface area contributed by atoms with E-state index in [0.29, 0.717) is 24.5 Å². The van der Waals surface area contributed by atoms with E-state index in [1.807, 2.05) is 48.5 Å². The first kappa shape index (κ1) is 19.6. The molecule has 0 aliphatic carbocycles. The molecule has 8 nitrogen and oxygen atoms in total. The zero-order valence-electron chi connectivity index (χ0n) is 16.3. The van der Waals surface area contributed by atoms with Gasteiger partial charge in [0.1, 0.15) is 11.6 Å². The van der Waals surface area contributed by atoms with Crippen LogP contribution in [0.5, 0.6) is 0 Å². The van der Waals surface area contributed by atoms with E-state index in [1.165, 1.54) is 0 Å². The molecular weight excluding hydrogens is 384 g/mol. The van der Waals surface area contributed by atoms with Crippen LogP contribution in [0, 0.1) is 0 Å². The van der Waals surface area contributed by atoms with Crippen molar-refractivity contribution in [2.45, 2.75) is 38.8 Å². The van der Waals surface area contributed by atoms with Crippen molar-refractivity contribution in [2.24, 2.45) is 0 Å². The van der Waals surface area contributed by atoms with E-state index in [4.69, 9.17) is 0 Å². The van der Waals surface area contributed by atoms with Crippen LogP contribution in [0.2, 0.25) is 0 Å². The Morgan fingerprint density at radius 3 is 1.50 bits per heavy atom. The van der Waals surface area contributed by atoms with Crippen molar-refractivity contribution in [3.8, 4) is 0 Å². The Bertz CT molecular complexity index is 1130. The quantitative estimate of drug-likeness (QED) is 0.374. The minimum absolute atomic E-state index is 0.239. The van der Waals surface area contributed by atoms with Crippen molar-refractivity contribution < 1.29 is 19.8 Å². The number of benzene rings is 2. The van der Waals surface area contributed by atoms with Crippen molar-refractivity contribution in [2.75, 3.05) is 0 Å². The lowest BCUT2D eigenvalue weighted by Gasteiger charge is -2.11. The largest absolute Gasteiger partial charge is 0.548 e. The topological polar surface area (TPSA) is 116 Å². The number of carbonyl (C=O) groups excluding carboxylic acids is 2. The lowest BCUT2D eigenvalue weighted by molar-refractivity contribution is -0.307. The highest BCUT2D eigenvalue weighted by Crippen LogP contribution is 2.20. The molecule has 2 aromatic heterocycles. The predicted molar refractivity (Wildman–Crippen MR) is 106 cm³/mol. The molecule has 0 unspecified atom stereocenters. The zero-order chi connectivity index (χ0) is 21.1. The first-order valence-corrected chi connectivity index (χ1v) is 9.81. The molecule has 2 aromatic carbocycles. The summed E-state index contributed by atoms with van der Waals surface area (Å²) in [7, 11) is 0. The number of hydrogen-bond acceptors (Lipinski definition) is 6. The van der Waals surface area contributed by atoms with Crippen LogP contribution in [0.4, 0.5) is 0 Å². The number of hydrogen-bond donors (Lipinski definition) is 0. The van der Waals surface area contributed by atoms with Crippen molar-refractivity contribution in [3.63, 3.8) is 0 Å². The number of carboxylic acids is 2. The summed E-state index contributed by atoms with van der Waals surface area (Å²) in [6.07, 6.45) is 2.71. The molecule has 30 heavy (non-hydrogen) atoms. The minimum Gasteiger partial charge on any atom is -0.548 e. The number of nitrogens with zero attached hydrogens (tertiary/aromatic N) is 4. The number of unbranched alkanes of at least 4 members (excludes halogenated alkanes) is 1. The van der Waals surface area contributed by atoms with Crippen LogP contribution in [0.1, 0.15) is 24.5 Å². The van der Waals surface area contributed by atoms with E-state index < -0.39 is 11.9 Å². The summed E-state index contributed by atoms with van der Waals surface area (Å²) in [5.74, 6) is -0.918. The van der Waals surface area contributed by atoms with Gasteiger partial charge in [-0.2, -0.15) is 0 Å². The summed E-state index contributed by atoms with van der Waals surface area (Å²) >= 11 is 0. The molecule has 0 spiro atoms. The fourth-order valence-corrected chi connectivity index (χ4v) is 3.81. The van der Waals surface area contributed by atoms with Crippen LogP contribution in [-0.2, 0) is 35.5 Å². The van der Waals surface area contributed by atoms with Crippen molar-refractivity contribution in [1.29, 1.82) is 0 Å². The van der Waals surface area contributed by atoms with Gasteiger partial charge in [0, 0.05) is 12.8 Å². The average molecular weight is 404 g/mol. The van der Waals surface area contributed by atoms with Crippen LogP contribution in [0.15, 0.2) is 48.5 Å². The normalized spacial score (nSPS) is 11.3. The van der Waals surface area contributed by atoms with Gasteiger partial charge in [0.25, 0.3) is 0 Å². The second-order valence-electron chi connectivity index (χ2n) is 7.16. The second kappa shape index (κ2) is 8.36. The highest BCUT2D eigenvalue weighted by Gasteiger charge is 2.13. The van der Waals surface area contributed by atoms with Crippen LogP contribution in [0.3, 0.4) is 0 Å². The number of carboxylic acid groups (broad SMARTS) is 2. The van der Waals surface area contributed by atoms with E-state index in [2.05, 4.69) is 9.97 Å². The van der Waals surface area contributed by atoms with E-state index in [1.54, 1.807) is 9.13 Å². The minimum atomic E-state index is -1.16. The summed E-state index contributed by atoms with van der Waals surface area (Å²) in [6, 6.07) is 14.8. The van der Waals surface area contributed by atoms with E-state index >= 15 is 0 Å². The van der Waals surface area contributed by atoms with E-state index in [9.17, 15) is 19.8 Å². The van der Waals surface area contributed by atoms with Gasteiger partial charge in [0.2, 0.25) is 0 Å². The van der Waals surface area contributed by atoms with Crippen molar-refractivity contribution >= 4 is 34.0 Å². The smallest absolute Gasteiger partial charge is 0.110 e. The summed E-state index contributed by atoms with van der Waals surface area (Å²) in [5.41, 5.74) is 3.05. The Morgan fingerprint density at radius 2 is 1.10 bits per heavy atom. The maximum absolute atomic E-state index is 11.2. The Morgan fingerprint density at radius 1 is 0.700 bits per heavy atom. The number of fused-ring (bicyclic) bond motifs is 2. The number of para-hydroxylation sites is 4. The molecule has 0 radical (unpaired) electrons. The summed E-state index contributed by atoms with van der Waals surface area (Å²) in [4.78, 5) is 31.5. The van der Waals surface area contributed by atoms with Gasteiger partial charge in [-0.3, -0.25) is 0 Å². The number of rotatable bonds is 9. The number of imidazole rings is 2. The predicted octanol–water partition coefficient (Wildman–Crippen LogP) is 0.451. The molecule has 0 amide bonds. The Balaban J connectivity index is 1.48. The standard InChI is InChI=1S/C22H22N4O4/c27-21(28)13-25-17-9-3-1-7-15(17)23-19(25)11-5-6-12-20-24-16-8-2-4-10-18(16)26(20)14-22(29)30/h1-4,7-10H,5-6,11-14H2,(H,27,28)(H,29,30)/p-2. The van der Waals surface area contributed by atoms with Gasteiger partial charge in [-0.25, -0.2) is 9.97 Å². The van der Waals surface area contributed by atoms with Crippen LogP contribution in [0.25, 0.3) is 22.1 Å². The number of aryl methyl sites for hydroxylation is 2. The fraction of sp³-hybridized carbons (Fsp3) is 0.273. The Hall–Kier alpha value is -3.68. The molecule has 4 rings (SSSR count). The third kappa shape index (κ3) is 4.03. The van der Waals surface area contributed by atoms with Gasteiger partial charge in [0.05, 0.1) is 47.1 Å². The molecule has 4 aromatic rings. The van der Waals surface area contributed by atoms with Crippen LogP contribution >= 0.6 is 0 Å². The summed E-state index contributed by atoms with van der Waals surface area (Å²) in [6.45, 7) is -0.478. The van der Waals surface area contributed by atoms with Crippen LogP contribution in [-0.4, -0.2) is 31.0 Å². The molecule has 0 atom stereocenters. The molecule has 154 valence electrons. The maximum atomic E-state index is 11.2. The molecular formula is C22H20N4O4-2. The zero-order valence-corrected chi connectivity index (χ0v) is 16.3. The second-order valence-corrected chi connectivity index (χ2v) is 7.16. The summed E-state index contributed by atoms with van der Waals surface area (Å²) in [5, 5.41) is 22.3. The van der Waals surface area contributed by atoms with E-state index in [-0.39, 0.29) is 13.1 Å². The highest BCUT2D eigenvalue weighted by molar-refractivity contribution is 5.78. The van der Waals surface area contributed by atoms with Gasteiger partial charge in [-0.05, 0) is 37.1 Å². The lowest BCUT2D eigenvalue weighted by Crippen LogP contribution is -2.28. The first-order chi connectivity index (χ1) is 14.5. The van der Waals surface area contributed by atoms with E-state index in [0.717, 1.165) is 34.9 Å². The Labute approximate surface area is 172 Å². The third-order valence-corrected chi connectivity index (χ3v) is 5.09. The van der Waals surface area contributed by atoms with Gasteiger partial charge in [0.15, 0.2) is 0 Å². The number of carbonyl (C=O) groups is 2. The van der Waals surface area contributed by atoms with Gasteiger partial charge >= 0.3 is 0 Å². The van der Waals surface area contributed by atoms with Gasteiger partial charge in [-0.15, -0.1) is 0 Å². The molecule has 0 aliphatic heterocycles. The molecule has 2 heterocycles. The van der Waals surface area contributed by atoms with Gasteiger partial charge in [-0.1, -0.05) is 24.3 Å². The molecule has 0 bridgehead atoms. The monoisotopic (exact) mass is 404 g/mol. The molecule has 0 aliphatic rings. The third-order valence-electron chi connectivity index (χ3n) is 5.09. The first-order valence-electron chi connectivity index (χ1n) is 9.81. The molecule has 0 fully saturated rings. The van der Waals surface area contributed by atoms with Gasteiger partial charge < -0.3 is 28.9 Å².